The van der Waals surface area contributed by atoms with Crippen LogP contribution in [0.5, 0.6) is 0 Å². The number of halogens is 2. The molecule has 2 aromatic rings. The van der Waals surface area contributed by atoms with Crippen LogP contribution in [0.4, 0.5) is 9.18 Å². The normalized spacial score (nSPS) is 13.4. The average Bonchev–Trinajstić information content (AvgIpc) is 2.59. The van der Waals surface area contributed by atoms with E-state index < -0.39 is 35.5 Å². The topological polar surface area (TPSA) is 67.4 Å². The zero-order valence-corrected chi connectivity index (χ0v) is 17.8. The minimum atomic E-state index is -0.862. The van der Waals surface area contributed by atoms with Gasteiger partial charge in [0.25, 0.3) is 0 Å². The Morgan fingerprint density at radius 3 is 2.29 bits per heavy atom. The molecule has 2 rings (SSSR count). The Labute approximate surface area is 172 Å². The van der Waals surface area contributed by atoms with E-state index >= 15 is 0 Å². The fourth-order valence-electron chi connectivity index (χ4n) is 2.54. The number of benzene rings is 2. The van der Waals surface area contributed by atoms with Crippen molar-refractivity contribution < 1.29 is 18.7 Å². The van der Waals surface area contributed by atoms with Gasteiger partial charge in [-0.1, -0.05) is 52.3 Å². The summed E-state index contributed by atoms with van der Waals surface area (Å²) < 4.78 is 20.3. The standard InChI is InChI=1S/C21H24BrFN2O3/c1-13(24-20(27)28-21(2,3)4)19(26)25-18(14-8-6-5-7-9-14)16-11-10-15(22)12-17(16)23/h5-13,18H,1-4H3,(H,24,27)(H,25,26)/t13-,18?/m1/s1. The third-order valence-corrected chi connectivity index (χ3v) is 4.31. The highest BCUT2D eigenvalue weighted by Gasteiger charge is 2.25. The lowest BCUT2D eigenvalue weighted by molar-refractivity contribution is -0.123. The maximum absolute atomic E-state index is 14.6. The van der Waals surface area contributed by atoms with Crippen molar-refractivity contribution in [3.63, 3.8) is 0 Å². The van der Waals surface area contributed by atoms with Crippen LogP contribution >= 0.6 is 15.9 Å². The van der Waals surface area contributed by atoms with Gasteiger partial charge in [-0.25, -0.2) is 9.18 Å². The van der Waals surface area contributed by atoms with Crippen molar-refractivity contribution in [2.45, 2.75) is 45.4 Å². The molecule has 0 saturated carbocycles. The van der Waals surface area contributed by atoms with Crippen molar-refractivity contribution in [3.05, 3.63) is 69.9 Å². The fraction of sp³-hybridized carbons (Fsp3) is 0.333. The lowest BCUT2D eigenvalue weighted by Crippen LogP contribution is -2.47. The van der Waals surface area contributed by atoms with Crippen LogP contribution in [0.15, 0.2) is 53.0 Å². The Morgan fingerprint density at radius 2 is 1.71 bits per heavy atom. The van der Waals surface area contributed by atoms with Crippen LogP contribution in [-0.2, 0) is 9.53 Å². The smallest absolute Gasteiger partial charge is 0.408 e. The van der Waals surface area contributed by atoms with Gasteiger partial charge >= 0.3 is 6.09 Å². The van der Waals surface area contributed by atoms with Crippen molar-refractivity contribution in [2.24, 2.45) is 0 Å². The first-order valence-electron chi connectivity index (χ1n) is 8.86. The van der Waals surface area contributed by atoms with E-state index in [-0.39, 0.29) is 0 Å². The van der Waals surface area contributed by atoms with Crippen molar-refractivity contribution in [1.29, 1.82) is 0 Å². The molecule has 0 fully saturated rings. The number of ether oxygens (including phenoxy) is 1. The Balaban J connectivity index is 2.21. The molecule has 0 aliphatic carbocycles. The lowest BCUT2D eigenvalue weighted by atomic mass is 9.98. The molecule has 0 saturated heterocycles. The first kappa shape index (κ1) is 21.9. The average molecular weight is 451 g/mol. The SMILES string of the molecule is C[C@@H](NC(=O)OC(C)(C)C)C(=O)NC(c1ccccc1)c1ccc(Br)cc1F. The molecule has 0 aliphatic heterocycles. The highest BCUT2D eigenvalue weighted by Crippen LogP contribution is 2.26. The number of alkyl carbamates (subject to hydrolysis) is 1. The van der Waals surface area contributed by atoms with Crippen LogP contribution in [0.25, 0.3) is 0 Å². The molecule has 2 N–H and O–H groups in total. The molecule has 0 heterocycles. The molecule has 5 nitrogen and oxygen atoms in total. The van der Waals surface area contributed by atoms with Gasteiger partial charge in [-0.3, -0.25) is 4.79 Å². The molecule has 0 aromatic heterocycles. The summed E-state index contributed by atoms with van der Waals surface area (Å²) in [5, 5.41) is 5.31. The van der Waals surface area contributed by atoms with Gasteiger partial charge in [-0.15, -0.1) is 0 Å². The summed E-state index contributed by atoms with van der Waals surface area (Å²) >= 11 is 3.24. The highest BCUT2D eigenvalue weighted by molar-refractivity contribution is 9.10. The van der Waals surface area contributed by atoms with Gasteiger partial charge in [-0.2, -0.15) is 0 Å². The van der Waals surface area contributed by atoms with E-state index in [2.05, 4.69) is 26.6 Å². The van der Waals surface area contributed by atoms with Crippen molar-refractivity contribution in [3.8, 4) is 0 Å². The lowest BCUT2D eigenvalue weighted by Gasteiger charge is -2.24. The molecule has 2 atom stereocenters. The predicted molar refractivity (Wildman–Crippen MR) is 109 cm³/mol. The highest BCUT2D eigenvalue weighted by atomic mass is 79.9. The number of carbonyl (C=O) groups is 2. The van der Waals surface area contributed by atoms with E-state index in [1.54, 1.807) is 52.0 Å². The summed E-state index contributed by atoms with van der Waals surface area (Å²) in [5.41, 5.74) is 0.377. The maximum Gasteiger partial charge on any atom is 0.408 e. The van der Waals surface area contributed by atoms with Gasteiger partial charge in [0.05, 0.1) is 6.04 Å². The van der Waals surface area contributed by atoms with Crippen LogP contribution in [0.1, 0.15) is 44.9 Å². The zero-order chi connectivity index (χ0) is 20.9. The van der Waals surface area contributed by atoms with E-state index in [9.17, 15) is 14.0 Å². The van der Waals surface area contributed by atoms with Gasteiger partial charge in [0.15, 0.2) is 0 Å². The minimum Gasteiger partial charge on any atom is -0.444 e. The molecule has 1 unspecified atom stereocenters. The van der Waals surface area contributed by atoms with Gasteiger partial charge in [0.2, 0.25) is 5.91 Å². The molecule has 28 heavy (non-hydrogen) atoms. The van der Waals surface area contributed by atoms with E-state index in [0.29, 0.717) is 10.0 Å². The summed E-state index contributed by atoms with van der Waals surface area (Å²) in [5.74, 6) is -0.904. The second-order valence-electron chi connectivity index (χ2n) is 7.39. The largest absolute Gasteiger partial charge is 0.444 e. The van der Waals surface area contributed by atoms with Crippen LogP contribution in [0.2, 0.25) is 0 Å². The van der Waals surface area contributed by atoms with E-state index in [0.717, 1.165) is 5.56 Å². The van der Waals surface area contributed by atoms with Crippen molar-refractivity contribution >= 4 is 27.9 Å². The zero-order valence-electron chi connectivity index (χ0n) is 16.3. The van der Waals surface area contributed by atoms with E-state index in [4.69, 9.17) is 4.74 Å². The molecule has 2 aromatic carbocycles. The molecule has 7 heteroatoms. The van der Waals surface area contributed by atoms with Gasteiger partial charge in [0.1, 0.15) is 17.5 Å². The quantitative estimate of drug-likeness (QED) is 0.692. The number of rotatable bonds is 5. The fourth-order valence-corrected chi connectivity index (χ4v) is 2.87. The van der Waals surface area contributed by atoms with Crippen LogP contribution in [0.3, 0.4) is 0 Å². The van der Waals surface area contributed by atoms with Gasteiger partial charge in [-0.05, 0) is 45.4 Å². The first-order chi connectivity index (χ1) is 13.1. The Bertz CT molecular complexity index is 837. The molecule has 0 spiro atoms. The molecule has 150 valence electrons. The summed E-state index contributed by atoms with van der Waals surface area (Å²) in [4.78, 5) is 24.6. The minimum absolute atomic E-state index is 0.326. The first-order valence-corrected chi connectivity index (χ1v) is 9.66. The maximum atomic E-state index is 14.6. The molecule has 0 radical (unpaired) electrons. The van der Waals surface area contributed by atoms with Gasteiger partial charge in [0, 0.05) is 10.0 Å². The third-order valence-electron chi connectivity index (χ3n) is 3.82. The van der Waals surface area contributed by atoms with Crippen LogP contribution in [-0.4, -0.2) is 23.6 Å². The second-order valence-corrected chi connectivity index (χ2v) is 8.30. The number of nitrogens with one attached hydrogen (secondary N) is 2. The Kier molecular flexibility index (Phi) is 7.18. The summed E-state index contributed by atoms with van der Waals surface area (Å²) in [6.07, 6.45) is -0.693. The molecule has 0 bridgehead atoms. The summed E-state index contributed by atoms with van der Waals surface area (Å²) in [6.45, 7) is 6.75. The van der Waals surface area contributed by atoms with Crippen LogP contribution in [0, 0.1) is 5.82 Å². The predicted octanol–water partition coefficient (Wildman–Crippen LogP) is 4.71. The van der Waals surface area contributed by atoms with Gasteiger partial charge < -0.3 is 15.4 Å². The van der Waals surface area contributed by atoms with Crippen LogP contribution < -0.4 is 10.6 Å². The number of hydrogen-bond acceptors (Lipinski definition) is 3. The Morgan fingerprint density at radius 1 is 1.07 bits per heavy atom. The Hall–Kier alpha value is -2.41. The van der Waals surface area contributed by atoms with Crippen molar-refractivity contribution in [2.75, 3.05) is 0 Å². The third kappa shape index (κ3) is 6.34. The number of amides is 2. The monoisotopic (exact) mass is 450 g/mol. The second kappa shape index (κ2) is 9.19. The van der Waals surface area contributed by atoms with E-state index in [1.807, 2.05) is 18.2 Å². The number of carbonyl (C=O) groups excluding carboxylic acids is 2. The molecular weight excluding hydrogens is 427 g/mol. The van der Waals surface area contributed by atoms with Crippen molar-refractivity contribution in [1.82, 2.24) is 10.6 Å². The number of hydrogen-bond donors (Lipinski definition) is 2. The molecule has 2 amide bonds. The summed E-state index contributed by atoms with van der Waals surface area (Å²) in [6, 6.07) is 12.2. The van der Waals surface area contributed by atoms with E-state index in [1.165, 1.54) is 6.07 Å². The molecule has 0 aliphatic rings. The summed E-state index contributed by atoms with van der Waals surface area (Å²) in [7, 11) is 0. The molecular formula is C21H24BrFN2O3.